The molecule has 2 aliphatic carbocycles. The lowest BCUT2D eigenvalue weighted by molar-refractivity contribution is 0.275. The van der Waals surface area contributed by atoms with Crippen molar-refractivity contribution in [1.82, 2.24) is 5.32 Å². The van der Waals surface area contributed by atoms with Gasteiger partial charge in [-0.1, -0.05) is 46.6 Å². The van der Waals surface area contributed by atoms with Crippen LogP contribution >= 0.6 is 0 Å². The summed E-state index contributed by atoms with van der Waals surface area (Å²) < 4.78 is 0. The van der Waals surface area contributed by atoms with Crippen molar-refractivity contribution in [2.24, 2.45) is 5.92 Å². The monoisotopic (exact) mass is 318 g/mol. The van der Waals surface area contributed by atoms with E-state index in [0.717, 1.165) is 30.5 Å². The van der Waals surface area contributed by atoms with Gasteiger partial charge in [0.25, 0.3) is 0 Å². The van der Waals surface area contributed by atoms with Crippen LogP contribution in [0.3, 0.4) is 0 Å². The maximum Gasteiger partial charge on any atom is 0.0349 e. The fraction of sp³-hybridized carbons (Fsp3) is 0.714. The molecule has 2 atom stereocenters. The number of fused-ring (bicyclic) bond motifs is 3. The van der Waals surface area contributed by atoms with Gasteiger partial charge in [-0.3, -0.25) is 0 Å². The fourth-order valence-electron chi connectivity index (χ4n) is 3.90. The van der Waals surface area contributed by atoms with Crippen molar-refractivity contribution in [3.8, 4) is 0 Å². The van der Waals surface area contributed by atoms with Gasteiger partial charge in [0.1, 0.15) is 0 Å². The highest BCUT2D eigenvalue weighted by Crippen LogP contribution is 2.45. The number of nitrogen functional groups attached to an aromatic ring is 1. The van der Waals surface area contributed by atoms with Crippen molar-refractivity contribution in [2.75, 3.05) is 19.3 Å². The van der Waals surface area contributed by atoms with E-state index in [-0.39, 0.29) is 0 Å². The van der Waals surface area contributed by atoms with Crippen molar-refractivity contribution in [2.45, 2.75) is 78.6 Å². The van der Waals surface area contributed by atoms with Crippen molar-refractivity contribution in [3.05, 3.63) is 28.8 Å². The van der Waals surface area contributed by atoms with Gasteiger partial charge in [0.05, 0.1) is 0 Å². The SMILES string of the molecule is CC.CCNC.CCc1cc2c(cc1N)CCC1CCCCC21. The molecule has 1 aromatic rings. The van der Waals surface area contributed by atoms with Gasteiger partial charge in [-0.15, -0.1) is 0 Å². The zero-order chi connectivity index (χ0) is 17.2. The first-order valence-corrected chi connectivity index (χ1v) is 9.77. The molecule has 1 aromatic carbocycles. The molecule has 132 valence electrons. The number of nitrogens with one attached hydrogen (secondary N) is 1. The van der Waals surface area contributed by atoms with Crippen LogP contribution in [0.5, 0.6) is 0 Å². The van der Waals surface area contributed by atoms with Crippen LogP contribution in [0.25, 0.3) is 0 Å². The van der Waals surface area contributed by atoms with E-state index in [1.807, 2.05) is 20.9 Å². The second-order valence-corrected chi connectivity index (χ2v) is 6.50. The Labute approximate surface area is 144 Å². The largest absolute Gasteiger partial charge is 0.398 e. The summed E-state index contributed by atoms with van der Waals surface area (Å²) in [4.78, 5) is 0. The predicted octanol–water partition coefficient (Wildman–Crippen LogP) is 5.30. The van der Waals surface area contributed by atoms with E-state index in [4.69, 9.17) is 5.73 Å². The van der Waals surface area contributed by atoms with Crippen LogP contribution in [0.1, 0.15) is 82.4 Å². The predicted molar refractivity (Wildman–Crippen MR) is 104 cm³/mol. The number of aryl methyl sites for hydroxylation is 2. The van der Waals surface area contributed by atoms with Crippen LogP contribution in [-0.2, 0) is 12.8 Å². The minimum absolute atomic E-state index is 0.846. The Balaban J connectivity index is 0.000000388. The standard InChI is InChI=1S/C16H23N.C3H9N.C2H6/c1-2-11-9-15-13(10-16(11)17)8-7-12-5-3-4-6-14(12)15;1-3-4-2;1-2/h9-10,12,14H,2-8,17H2,1H3;4H,3H2,1-2H3;1-2H3. The van der Waals surface area contributed by atoms with Crippen LogP contribution in [0.4, 0.5) is 5.69 Å². The quantitative estimate of drug-likeness (QED) is 0.726. The summed E-state index contributed by atoms with van der Waals surface area (Å²) in [5.41, 5.74) is 11.7. The molecule has 0 spiro atoms. The highest BCUT2D eigenvalue weighted by atomic mass is 14.8. The fourth-order valence-corrected chi connectivity index (χ4v) is 3.90. The number of hydrogen-bond acceptors (Lipinski definition) is 2. The highest BCUT2D eigenvalue weighted by Gasteiger charge is 2.31. The third-order valence-corrected chi connectivity index (χ3v) is 5.23. The van der Waals surface area contributed by atoms with Crippen molar-refractivity contribution < 1.29 is 0 Å². The number of benzene rings is 1. The van der Waals surface area contributed by atoms with Gasteiger partial charge in [-0.25, -0.2) is 0 Å². The third kappa shape index (κ3) is 5.24. The van der Waals surface area contributed by atoms with Crippen LogP contribution < -0.4 is 11.1 Å². The summed E-state index contributed by atoms with van der Waals surface area (Å²) in [6.45, 7) is 9.35. The Morgan fingerprint density at radius 1 is 1.09 bits per heavy atom. The van der Waals surface area contributed by atoms with Gasteiger partial charge < -0.3 is 11.1 Å². The average molecular weight is 319 g/mol. The maximum absolute atomic E-state index is 6.12. The molecule has 2 heteroatoms. The van der Waals surface area contributed by atoms with Gasteiger partial charge in [-0.2, -0.15) is 0 Å². The van der Waals surface area contributed by atoms with E-state index in [2.05, 4.69) is 31.3 Å². The number of anilines is 1. The molecule has 0 amide bonds. The lowest BCUT2D eigenvalue weighted by Gasteiger charge is -2.37. The molecule has 0 aliphatic heterocycles. The Kier molecular flexibility index (Phi) is 9.31. The van der Waals surface area contributed by atoms with Crippen molar-refractivity contribution in [3.63, 3.8) is 0 Å². The van der Waals surface area contributed by atoms with Crippen LogP contribution in [0.2, 0.25) is 0 Å². The average Bonchev–Trinajstić information content (AvgIpc) is 2.62. The first-order valence-electron chi connectivity index (χ1n) is 9.77. The van der Waals surface area contributed by atoms with Gasteiger partial charge in [0, 0.05) is 5.69 Å². The number of hydrogen-bond donors (Lipinski definition) is 2. The van der Waals surface area contributed by atoms with Crippen LogP contribution in [0, 0.1) is 5.92 Å². The zero-order valence-electron chi connectivity index (χ0n) is 16.0. The second-order valence-electron chi connectivity index (χ2n) is 6.50. The molecule has 23 heavy (non-hydrogen) atoms. The minimum atomic E-state index is 0.846. The molecule has 1 saturated carbocycles. The first-order chi connectivity index (χ1) is 11.2. The lowest BCUT2D eigenvalue weighted by atomic mass is 9.68. The molecule has 0 saturated heterocycles. The van der Waals surface area contributed by atoms with Crippen LogP contribution in [-0.4, -0.2) is 13.6 Å². The van der Waals surface area contributed by atoms with Gasteiger partial charge in [-0.05, 0) is 80.3 Å². The molecule has 1 fully saturated rings. The lowest BCUT2D eigenvalue weighted by Crippen LogP contribution is -2.24. The Morgan fingerprint density at radius 2 is 1.74 bits per heavy atom. The third-order valence-electron chi connectivity index (χ3n) is 5.23. The summed E-state index contributed by atoms with van der Waals surface area (Å²) in [7, 11) is 1.93. The summed E-state index contributed by atoms with van der Waals surface area (Å²) in [5, 5.41) is 2.93. The first kappa shape index (κ1) is 20.0. The maximum atomic E-state index is 6.12. The van der Waals surface area contributed by atoms with Crippen LogP contribution in [0.15, 0.2) is 12.1 Å². The Bertz CT molecular complexity index is 451. The van der Waals surface area contributed by atoms with E-state index >= 15 is 0 Å². The topological polar surface area (TPSA) is 38.0 Å². The summed E-state index contributed by atoms with van der Waals surface area (Å²) >= 11 is 0. The molecule has 2 unspecified atom stereocenters. The normalized spacial score (nSPS) is 21.8. The molecular weight excluding hydrogens is 280 g/mol. The smallest absolute Gasteiger partial charge is 0.0349 e. The summed E-state index contributed by atoms with van der Waals surface area (Å²) in [6, 6.07) is 4.69. The number of rotatable bonds is 2. The summed E-state index contributed by atoms with van der Waals surface area (Å²) in [6.07, 6.45) is 9.45. The molecule has 0 bridgehead atoms. The molecule has 0 aromatic heterocycles. The Hall–Kier alpha value is -1.02. The van der Waals surface area contributed by atoms with Gasteiger partial charge in [0.15, 0.2) is 0 Å². The minimum Gasteiger partial charge on any atom is -0.398 e. The molecule has 3 N–H and O–H groups in total. The zero-order valence-corrected chi connectivity index (χ0v) is 16.0. The molecule has 0 radical (unpaired) electrons. The molecular formula is C21H38N2. The van der Waals surface area contributed by atoms with Gasteiger partial charge in [0.2, 0.25) is 0 Å². The second kappa shape index (κ2) is 10.7. The molecule has 2 nitrogen and oxygen atoms in total. The van der Waals surface area contributed by atoms with E-state index in [9.17, 15) is 0 Å². The summed E-state index contributed by atoms with van der Waals surface area (Å²) in [5.74, 6) is 1.81. The van der Waals surface area contributed by atoms with Crippen molar-refractivity contribution >= 4 is 5.69 Å². The van der Waals surface area contributed by atoms with E-state index < -0.39 is 0 Å². The molecule has 0 heterocycles. The van der Waals surface area contributed by atoms with Gasteiger partial charge >= 0.3 is 0 Å². The molecule has 3 rings (SSSR count). The van der Waals surface area contributed by atoms with Crippen molar-refractivity contribution in [1.29, 1.82) is 0 Å². The Morgan fingerprint density at radius 3 is 2.35 bits per heavy atom. The van der Waals surface area contributed by atoms with E-state index in [1.165, 1.54) is 44.1 Å². The number of nitrogens with two attached hydrogens (primary N) is 1. The van der Waals surface area contributed by atoms with E-state index in [0.29, 0.717) is 0 Å². The highest BCUT2D eigenvalue weighted by molar-refractivity contribution is 5.54. The van der Waals surface area contributed by atoms with E-state index in [1.54, 1.807) is 11.1 Å². The molecule has 2 aliphatic rings.